The van der Waals surface area contributed by atoms with Crippen LogP contribution in [-0.4, -0.2) is 43.9 Å². The zero-order valence-electron chi connectivity index (χ0n) is 13.3. The van der Waals surface area contributed by atoms with E-state index >= 15 is 0 Å². The summed E-state index contributed by atoms with van der Waals surface area (Å²) in [6.45, 7) is 7.88. The van der Waals surface area contributed by atoms with Crippen LogP contribution in [0.5, 0.6) is 5.88 Å². The van der Waals surface area contributed by atoms with E-state index in [-0.39, 0.29) is 6.10 Å². The molecule has 2 unspecified atom stereocenters. The fourth-order valence-electron chi connectivity index (χ4n) is 2.61. The standard InChI is InChI=1S/C15H22N6O/c1-4-11(2)22-15-7-14(18-12(3)19-15)20-6-5-13(8-20)21-10-16-9-17-21/h7,9-11,13H,4-6,8H2,1-3H3. The SMILES string of the molecule is CCC(C)Oc1cc(N2CCC(n3cncn3)C2)nc(C)n1. The van der Waals surface area contributed by atoms with Crippen molar-refractivity contribution < 1.29 is 4.74 Å². The fraction of sp³-hybridized carbons (Fsp3) is 0.600. The molecule has 3 heterocycles. The van der Waals surface area contributed by atoms with Gasteiger partial charge >= 0.3 is 0 Å². The lowest BCUT2D eigenvalue weighted by molar-refractivity contribution is 0.208. The van der Waals surface area contributed by atoms with Crippen molar-refractivity contribution in [2.45, 2.75) is 45.8 Å². The maximum Gasteiger partial charge on any atom is 0.218 e. The maximum atomic E-state index is 5.84. The van der Waals surface area contributed by atoms with Gasteiger partial charge in [-0.1, -0.05) is 6.92 Å². The van der Waals surface area contributed by atoms with Crippen LogP contribution in [0.4, 0.5) is 5.82 Å². The highest BCUT2D eigenvalue weighted by Gasteiger charge is 2.26. The van der Waals surface area contributed by atoms with Gasteiger partial charge in [-0.25, -0.2) is 14.6 Å². The van der Waals surface area contributed by atoms with Crippen LogP contribution in [0.25, 0.3) is 0 Å². The van der Waals surface area contributed by atoms with Gasteiger partial charge in [0.25, 0.3) is 0 Å². The molecule has 22 heavy (non-hydrogen) atoms. The van der Waals surface area contributed by atoms with Gasteiger partial charge in [0.2, 0.25) is 5.88 Å². The molecule has 7 nitrogen and oxygen atoms in total. The first-order valence-corrected chi connectivity index (χ1v) is 7.77. The second-order valence-electron chi connectivity index (χ2n) is 5.71. The molecule has 0 aliphatic carbocycles. The molecule has 0 amide bonds. The molecule has 3 rings (SSSR count). The van der Waals surface area contributed by atoms with E-state index in [0.29, 0.717) is 11.9 Å². The summed E-state index contributed by atoms with van der Waals surface area (Å²) in [5.74, 6) is 2.31. The van der Waals surface area contributed by atoms with Gasteiger partial charge in [-0.05, 0) is 26.7 Å². The Balaban J connectivity index is 1.74. The molecule has 1 aliphatic heterocycles. The lowest BCUT2D eigenvalue weighted by Crippen LogP contribution is -2.23. The van der Waals surface area contributed by atoms with E-state index in [1.807, 2.05) is 24.6 Å². The van der Waals surface area contributed by atoms with Crippen LogP contribution in [0.1, 0.15) is 38.6 Å². The quantitative estimate of drug-likeness (QED) is 0.841. The summed E-state index contributed by atoms with van der Waals surface area (Å²) >= 11 is 0. The lowest BCUT2D eigenvalue weighted by Gasteiger charge is -2.19. The number of aryl methyl sites for hydroxylation is 1. The van der Waals surface area contributed by atoms with Gasteiger partial charge in [-0.15, -0.1) is 0 Å². The van der Waals surface area contributed by atoms with Crippen molar-refractivity contribution in [3.05, 3.63) is 24.5 Å². The predicted molar refractivity (Wildman–Crippen MR) is 83.0 cm³/mol. The topological polar surface area (TPSA) is 69.0 Å². The van der Waals surface area contributed by atoms with Gasteiger partial charge in [0.1, 0.15) is 24.3 Å². The van der Waals surface area contributed by atoms with Gasteiger partial charge in [-0.3, -0.25) is 0 Å². The van der Waals surface area contributed by atoms with E-state index in [2.05, 4.69) is 31.9 Å². The number of nitrogens with zero attached hydrogens (tertiary/aromatic N) is 6. The minimum Gasteiger partial charge on any atom is -0.475 e. The molecule has 0 spiro atoms. The van der Waals surface area contributed by atoms with Crippen molar-refractivity contribution in [1.82, 2.24) is 24.7 Å². The van der Waals surface area contributed by atoms with Gasteiger partial charge in [0.15, 0.2) is 0 Å². The zero-order valence-corrected chi connectivity index (χ0v) is 13.3. The Morgan fingerprint density at radius 2 is 2.27 bits per heavy atom. The molecule has 0 N–H and O–H groups in total. The van der Waals surface area contributed by atoms with Crippen LogP contribution in [0.2, 0.25) is 0 Å². The van der Waals surface area contributed by atoms with E-state index < -0.39 is 0 Å². The molecule has 0 aromatic carbocycles. The third-order valence-corrected chi connectivity index (χ3v) is 4.00. The number of aromatic nitrogens is 5. The molecule has 1 saturated heterocycles. The molecule has 2 aromatic rings. The van der Waals surface area contributed by atoms with Crippen molar-refractivity contribution in [2.24, 2.45) is 0 Å². The van der Waals surface area contributed by atoms with Crippen LogP contribution >= 0.6 is 0 Å². The molecule has 7 heteroatoms. The molecule has 1 aliphatic rings. The number of ether oxygens (including phenoxy) is 1. The highest BCUT2D eigenvalue weighted by Crippen LogP contribution is 2.27. The van der Waals surface area contributed by atoms with Crippen molar-refractivity contribution in [3.63, 3.8) is 0 Å². The van der Waals surface area contributed by atoms with Crippen LogP contribution < -0.4 is 9.64 Å². The molecule has 0 bridgehead atoms. The summed E-state index contributed by atoms with van der Waals surface area (Å²) in [6, 6.07) is 2.28. The lowest BCUT2D eigenvalue weighted by atomic mass is 10.3. The molecule has 2 atom stereocenters. The fourth-order valence-corrected chi connectivity index (χ4v) is 2.61. The number of rotatable bonds is 5. The number of hydrogen-bond donors (Lipinski definition) is 0. The van der Waals surface area contributed by atoms with Crippen LogP contribution in [0.15, 0.2) is 18.7 Å². The van der Waals surface area contributed by atoms with Gasteiger partial charge in [0, 0.05) is 19.2 Å². The Kier molecular flexibility index (Phi) is 4.22. The van der Waals surface area contributed by atoms with Gasteiger partial charge < -0.3 is 9.64 Å². The molecular weight excluding hydrogens is 280 g/mol. The second-order valence-corrected chi connectivity index (χ2v) is 5.71. The average Bonchev–Trinajstić information content (AvgIpc) is 3.17. The maximum absolute atomic E-state index is 5.84. The number of hydrogen-bond acceptors (Lipinski definition) is 6. The zero-order chi connectivity index (χ0) is 15.5. The van der Waals surface area contributed by atoms with E-state index in [1.54, 1.807) is 12.7 Å². The van der Waals surface area contributed by atoms with Crippen molar-refractivity contribution >= 4 is 5.82 Å². The highest BCUT2D eigenvalue weighted by atomic mass is 16.5. The van der Waals surface area contributed by atoms with Gasteiger partial charge in [-0.2, -0.15) is 10.1 Å². The minimum atomic E-state index is 0.156. The summed E-state index contributed by atoms with van der Waals surface area (Å²) in [6.07, 6.45) is 5.50. The predicted octanol–water partition coefficient (Wildman–Crippen LogP) is 2.01. The Labute approximate surface area is 130 Å². The van der Waals surface area contributed by atoms with E-state index in [1.165, 1.54) is 0 Å². The minimum absolute atomic E-state index is 0.156. The monoisotopic (exact) mass is 302 g/mol. The summed E-state index contributed by atoms with van der Waals surface area (Å²) < 4.78 is 7.76. The highest BCUT2D eigenvalue weighted by molar-refractivity contribution is 5.43. The Bertz CT molecular complexity index is 615. The second kappa shape index (κ2) is 6.29. The van der Waals surface area contributed by atoms with E-state index in [9.17, 15) is 0 Å². The average molecular weight is 302 g/mol. The molecule has 118 valence electrons. The normalized spacial score (nSPS) is 19.4. The Morgan fingerprint density at radius 3 is 3.00 bits per heavy atom. The largest absolute Gasteiger partial charge is 0.475 e. The number of anilines is 1. The third-order valence-electron chi connectivity index (χ3n) is 4.00. The summed E-state index contributed by atoms with van der Waals surface area (Å²) in [7, 11) is 0. The summed E-state index contributed by atoms with van der Waals surface area (Å²) in [4.78, 5) is 15.2. The van der Waals surface area contributed by atoms with Crippen molar-refractivity contribution in [3.8, 4) is 5.88 Å². The van der Waals surface area contributed by atoms with Crippen LogP contribution in [0, 0.1) is 6.92 Å². The first kappa shape index (κ1) is 14.7. The smallest absolute Gasteiger partial charge is 0.218 e. The third kappa shape index (κ3) is 3.18. The van der Waals surface area contributed by atoms with E-state index in [4.69, 9.17) is 4.74 Å². The van der Waals surface area contributed by atoms with Crippen LogP contribution in [0.3, 0.4) is 0 Å². The Hall–Kier alpha value is -2.18. The molecule has 2 aromatic heterocycles. The molecular formula is C15H22N6O. The summed E-state index contributed by atoms with van der Waals surface area (Å²) in [5, 5.41) is 4.23. The van der Waals surface area contributed by atoms with Crippen molar-refractivity contribution in [2.75, 3.05) is 18.0 Å². The summed E-state index contributed by atoms with van der Waals surface area (Å²) in [5.41, 5.74) is 0. The first-order chi connectivity index (χ1) is 10.7. The van der Waals surface area contributed by atoms with E-state index in [0.717, 1.165) is 37.6 Å². The Morgan fingerprint density at radius 1 is 1.41 bits per heavy atom. The first-order valence-electron chi connectivity index (χ1n) is 7.77. The van der Waals surface area contributed by atoms with Crippen molar-refractivity contribution in [1.29, 1.82) is 0 Å². The molecule has 1 fully saturated rings. The van der Waals surface area contributed by atoms with Crippen LogP contribution in [-0.2, 0) is 0 Å². The molecule has 0 radical (unpaired) electrons. The van der Waals surface area contributed by atoms with Gasteiger partial charge in [0.05, 0.1) is 12.1 Å². The molecule has 0 saturated carbocycles.